The van der Waals surface area contributed by atoms with Gasteiger partial charge < -0.3 is 14.8 Å². The summed E-state index contributed by atoms with van der Waals surface area (Å²) in [7, 11) is 0. The van der Waals surface area contributed by atoms with Crippen molar-refractivity contribution in [2.24, 2.45) is 0 Å². The standard InChI is InChI=1S/C27H25ClN2O5S/c1-2-34-23(31)16-30-21-14-13-20(28)15-22(21)36-25(19-11-7-4-8-12-19)24(26(30)32)29-27(33)35-17-18-9-5-3-6-10-18/h3-15,24-25H,2,16-17H2,1H3,(H,29,33)/t24-,25-/m1/s1. The van der Waals surface area contributed by atoms with E-state index in [9.17, 15) is 14.4 Å². The van der Waals surface area contributed by atoms with E-state index in [4.69, 9.17) is 21.1 Å². The lowest BCUT2D eigenvalue weighted by Gasteiger charge is -2.28. The molecule has 36 heavy (non-hydrogen) atoms. The molecule has 1 N–H and O–H groups in total. The fraction of sp³-hybridized carbons (Fsp3) is 0.222. The second-order valence-electron chi connectivity index (χ2n) is 7.97. The number of esters is 1. The second kappa shape index (κ2) is 12.0. The largest absolute Gasteiger partial charge is 0.465 e. The minimum Gasteiger partial charge on any atom is -0.465 e. The number of carbonyl (C=O) groups is 3. The highest BCUT2D eigenvalue weighted by Crippen LogP contribution is 2.46. The van der Waals surface area contributed by atoms with Gasteiger partial charge in [0, 0.05) is 9.92 Å². The van der Waals surface area contributed by atoms with Gasteiger partial charge in [0.05, 0.1) is 17.5 Å². The minimum atomic E-state index is -1.03. The predicted octanol–water partition coefficient (Wildman–Crippen LogP) is 5.38. The molecule has 0 radical (unpaired) electrons. The van der Waals surface area contributed by atoms with Crippen LogP contribution in [0.3, 0.4) is 0 Å². The monoisotopic (exact) mass is 524 g/mol. The molecular formula is C27H25ClN2O5S. The summed E-state index contributed by atoms with van der Waals surface area (Å²) < 4.78 is 10.5. The quantitative estimate of drug-likeness (QED) is 0.418. The summed E-state index contributed by atoms with van der Waals surface area (Å²) in [6.45, 7) is 1.63. The van der Waals surface area contributed by atoms with Gasteiger partial charge in [-0.3, -0.25) is 14.5 Å². The van der Waals surface area contributed by atoms with Gasteiger partial charge in [-0.15, -0.1) is 11.8 Å². The van der Waals surface area contributed by atoms with Gasteiger partial charge in [0.25, 0.3) is 5.91 Å². The number of nitrogens with one attached hydrogen (secondary N) is 1. The Morgan fingerprint density at radius 2 is 1.69 bits per heavy atom. The Bertz CT molecular complexity index is 1230. The van der Waals surface area contributed by atoms with E-state index in [-0.39, 0.29) is 19.8 Å². The Kier molecular flexibility index (Phi) is 8.51. The van der Waals surface area contributed by atoms with Gasteiger partial charge in [0.1, 0.15) is 19.2 Å². The lowest BCUT2D eigenvalue weighted by atomic mass is 10.0. The van der Waals surface area contributed by atoms with Gasteiger partial charge in [0.2, 0.25) is 0 Å². The molecule has 0 saturated heterocycles. The first kappa shape index (κ1) is 25.6. The van der Waals surface area contributed by atoms with E-state index in [1.54, 1.807) is 25.1 Å². The number of nitrogens with zero attached hydrogens (tertiary/aromatic N) is 1. The molecule has 3 aromatic rings. The van der Waals surface area contributed by atoms with Crippen molar-refractivity contribution in [1.82, 2.24) is 5.32 Å². The molecule has 186 valence electrons. The van der Waals surface area contributed by atoms with Crippen LogP contribution in [0.1, 0.15) is 23.3 Å². The highest BCUT2D eigenvalue weighted by Gasteiger charge is 2.40. The number of anilines is 1. The number of halogens is 1. The van der Waals surface area contributed by atoms with Crippen LogP contribution in [-0.4, -0.2) is 37.2 Å². The zero-order chi connectivity index (χ0) is 25.5. The summed E-state index contributed by atoms with van der Waals surface area (Å²) in [4.78, 5) is 41.2. The fourth-order valence-corrected chi connectivity index (χ4v) is 5.48. The van der Waals surface area contributed by atoms with Crippen LogP contribution in [0.15, 0.2) is 83.8 Å². The van der Waals surface area contributed by atoms with Crippen molar-refractivity contribution in [3.05, 3.63) is 95.0 Å². The molecule has 3 aromatic carbocycles. The fourth-order valence-electron chi connectivity index (χ4n) is 3.86. The van der Waals surface area contributed by atoms with Crippen LogP contribution < -0.4 is 10.2 Å². The SMILES string of the molecule is CCOC(=O)CN1C(=O)[C@H](NC(=O)OCc2ccccc2)[C@@H](c2ccccc2)Sc2cc(Cl)ccc21. The molecule has 0 saturated carbocycles. The van der Waals surface area contributed by atoms with Crippen LogP contribution in [-0.2, 0) is 25.7 Å². The average Bonchev–Trinajstić information content (AvgIpc) is 2.99. The van der Waals surface area contributed by atoms with E-state index in [1.165, 1.54) is 16.7 Å². The molecule has 9 heteroatoms. The van der Waals surface area contributed by atoms with Gasteiger partial charge in [-0.2, -0.15) is 0 Å². The highest BCUT2D eigenvalue weighted by atomic mass is 35.5. The number of hydrogen-bond acceptors (Lipinski definition) is 6. The van der Waals surface area contributed by atoms with Crippen LogP contribution in [0.4, 0.5) is 10.5 Å². The summed E-state index contributed by atoms with van der Waals surface area (Å²) in [5.41, 5.74) is 2.17. The van der Waals surface area contributed by atoms with E-state index in [1.807, 2.05) is 60.7 Å². The molecule has 2 amide bonds. The summed E-state index contributed by atoms with van der Waals surface area (Å²) in [5.74, 6) is -1.01. The van der Waals surface area contributed by atoms with Crippen molar-refractivity contribution in [1.29, 1.82) is 0 Å². The third-order valence-corrected chi connectivity index (χ3v) is 7.12. The maximum Gasteiger partial charge on any atom is 0.408 e. The first-order chi connectivity index (χ1) is 17.5. The van der Waals surface area contributed by atoms with Crippen LogP contribution in [0, 0.1) is 0 Å². The predicted molar refractivity (Wildman–Crippen MR) is 139 cm³/mol. The number of hydrogen-bond donors (Lipinski definition) is 1. The number of ether oxygens (including phenoxy) is 2. The Balaban J connectivity index is 1.68. The van der Waals surface area contributed by atoms with Gasteiger partial charge in [-0.1, -0.05) is 72.3 Å². The summed E-state index contributed by atoms with van der Waals surface area (Å²) in [6.07, 6.45) is -0.737. The number of benzene rings is 3. The van der Waals surface area contributed by atoms with Crippen molar-refractivity contribution in [2.75, 3.05) is 18.1 Å². The van der Waals surface area contributed by atoms with Crippen molar-refractivity contribution >= 4 is 47.0 Å². The summed E-state index contributed by atoms with van der Waals surface area (Å²) >= 11 is 7.67. The molecular weight excluding hydrogens is 500 g/mol. The van der Waals surface area contributed by atoms with E-state index in [0.29, 0.717) is 15.6 Å². The zero-order valence-corrected chi connectivity index (χ0v) is 21.1. The topological polar surface area (TPSA) is 84.9 Å². The molecule has 0 bridgehead atoms. The van der Waals surface area contributed by atoms with Crippen LogP contribution in [0.2, 0.25) is 5.02 Å². The van der Waals surface area contributed by atoms with Crippen LogP contribution in [0.25, 0.3) is 0 Å². The van der Waals surface area contributed by atoms with Crippen LogP contribution >= 0.6 is 23.4 Å². The van der Waals surface area contributed by atoms with Crippen molar-refractivity contribution in [2.45, 2.75) is 29.7 Å². The molecule has 0 aliphatic carbocycles. The molecule has 1 aliphatic heterocycles. The number of rotatable bonds is 7. The molecule has 1 heterocycles. The Labute approximate surface area is 218 Å². The smallest absolute Gasteiger partial charge is 0.408 e. The number of thioether (sulfide) groups is 1. The first-order valence-electron chi connectivity index (χ1n) is 11.4. The molecule has 2 atom stereocenters. The van der Waals surface area contributed by atoms with Crippen molar-refractivity contribution in [3.8, 4) is 0 Å². The second-order valence-corrected chi connectivity index (χ2v) is 9.59. The molecule has 0 aromatic heterocycles. The first-order valence-corrected chi connectivity index (χ1v) is 12.7. The number of alkyl carbamates (subject to hydrolysis) is 1. The van der Waals surface area contributed by atoms with Gasteiger partial charge in [-0.05, 0) is 36.2 Å². The van der Waals surface area contributed by atoms with E-state index < -0.39 is 29.3 Å². The molecule has 4 rings (SSSR count). The Morgan fingerprint density at radius 1 is 1.00 bits per heavy atom. The van der Waals surface area contributed by atoms with E-state index >= 15 is 0 Å². The summed E-state index contributed by atoms with van der Waals surface area (Å²) in [5, 5.41) is 2.74. The lowest BCUT2D eigenvalue weighted by molar-refractivity contribution is -0.142. The normalized spacial score (nSPS) is 17.1. The third-order valence-electron chi connectivity index (χ3n) is 5.51. The minimum absolute atomic E-state index is 0.0547. The molecule has 0 spiro atoms. The van der Waals surface area contributed by atoms with Crippen molar-refractivity contribution < 1.29 is 23.9 Å². The Morgan fingerprint density at radius 3 is 2.39 bits per heavy atom. The molecule has 7 nitrogen and oxygen atoms in total. The lowest BCUT2D eigenvalue weighted by Crippen LogP contribution is -2.51. The number of amides is 2. The number of fused-ring (bicyclic) bond motifs is 1. The highest BCUT2D eigenvalue weighted by molar-refractivity contribution is 7.99. The maximum absolute atomic E-state index is 13.9. The number of carbonyl (C=O) groups excluding carboxylic acids is 3. The zero-order valence-electron chi connectivity index (χ0n) is 19.6. The van der Waals surface area contributed by atoms with Gasteiger partial charge >= 0.3 is 12.1 Å². The van der Waals surface area contributed by atoms with E-state index in [0.717, 1.165) is 11.1 Å². The molecule has 0 unspecified atom stereocenters. The van der Waals surface area contributed by atoms with Gasteiger partial charge in [-0.25, -0.2) is 4.79 Å². The average molecular weight is 525 g/mol. The molecule has 0 fully saturated rings. The van der Waals surface area contributed by atoms with E-state index in [2.05, 4.69) is 5.32 Å². The molecule has 1 aliphatic rings. The third kappa shape index (κ3) is 6.19. The van der Waals surface area contributed by atoms with Crippen molar-refractivity contribution in [3.63, 3.8) is 0 Å². The summed E-state index contributed by atoms with van der Waals surface area (Å²) in [6, 6.07) is 22.7. The Hall–Kier alpha value is -3.49. The maximum atomic E-state index is 13.9. The van der Waals surface area contributed by atoms with Crippen LogP contribution in [0.5, 0.6) is 0 Å². The van der Waals surface area contributed by atoms with Gasteiger partial charge in [0.15, 0.2) is 0 Å².